The third kappa shape index (κ3) is 6.35. The summed E-state index contributed by atoms with van der Waals surface area (Å²) in [5.41, 5.74) is 3.46. The number of carbonyl (C=O) groups is 1. The number of hydrogen-bond donors (Lipinski definition) is 0. The first-order valence-corrected chi connectivity index (χ1v) is 13.7. The summed E-state index contributed by atoms with van der Waals surface area (Å²) in [6.45, 7) is 8.23. The number of carbonyl (C=O) groups excluding carboxylic acids is 1. The summed E-state index contributed by atoms with van der Waals surface area (Å²) in [4.78, 5) is 18.5. The minimum Gasteiger partial charge on any atom is -0.465 e. The number of ether oxygens (including phenoxy) is 1. The number of thiazole rings is 1. The first kappa shape index (κ1) is 27.2. The highest BCUT2D eigenvalue weighted by Gasteiger charge is 2.30. The number of esters is 1. The second-order valence-corrected chi connectivity index (χ2v) is 11.0. The van der Waals surface area contributed by atoms with Gasteiger partial charge in [0, 0.05) is 20.7 Å². The third-order valence-electron chi connectivity index (χ3n) is 5.82. The molecule has 10 heteroatoms. The predicted molar refractivity (Wildman–Crippen MR) is 140 cm³/mol. The summed E-state index contributed by atoms with van der Waals surface area (Å²) in [5, 5.41) is 5.92. The molecule has 0 saturated carbocycles. The van der Waals surface area contributed by atoms with E-state index in [1.807, 2.05) is 19.1 Å². The average Bonchev–Trinajstić information content (AvgIpc) is 3.45. The number of halogens is 3. The van der Waals surface area contributed by atoms with Crippen LogP contribution in [0.4, 0.5) is 13.2 Å². The van der Waals surface area contributed by atoms with E-state index in [0.29, 0.717) is 35.6 Å². The van der Waals surface area contributed by atoms with Crippen LogP contribution in [0.2, 0.25) is 0 Å². The number of alkyl halides is 3. The number of aromatic nitrogens is 2. The van der Waals surface area contributed by atoms with Crippen molar-refractivity contribution < 1.29 is 27.2 Å². The number of nitrogens with zero attached hydrogens (tertiary/aromatic N) is 2. The van der Waals surface area contributed by atoms with E-state index in [9.17, 15) is 18.0 Å². The Morgan fingerprint density at radius 1 is 1.16 bits per heavy atom. The topological polar surface area (TPSA) is 65.2 Å². The van der Waals surface area contributed by atoms with Crippen molar-refractivity contribution >= 4 is 40.0 Å². The van der Waals surface area contributed by atoms with Crippen LogP contribution in [0.1, 0.15) is 54.1 Å². The third-order valence-corrected chi connectivity index (χ3v) is 8.13. The van der Waals surface area contributed by atoms with Crippen LogP contribution in [0.15, 0.2) is 45.8 Å². The molecule has 0 bridgehead atoms. The van der Waals surface area contributed by atoms with Crippen LogP contribution >= 0.6 is 23.1 Å². The van der Waals surface area contributed by atoms with Gasteiger partial charge < -0.3 is 9.26 Å². The lowest BCUT2D eigenvalue weighted by Gasteiger charge is -2.06. The standard InChI is InChI=1S/C27H27F3N2O3S2/c1-5-34-24(33)14-36-23-13-21-19(12-16(23)4)20(32-35-21)10-11-22-25(15(2)3)31-26(37-22)17-6-8-18(9-7-17)27(28,29)30/h6-9,12-13,15H,5,10-11,14H2,1-4H3. The van der Waals surface area contributed by atoms with Crippen molar-refractivity contribution in [3.05, 3.63) is 63.8 Å². The summed E-state index contributed by atoms with van der Waals surface area (Å²) in [7, 11) is 0. The van der Waals surface area contributed by atoms with Crippen LogP contribution in [0.3, 0.4) is 0 Å². The van der Waals surface area contributed by atoms with E-state index in [1.165, 1.54) is 35.2 Å². The Labute approximate surface area is 221 Å². The summed E-state index contributed by atoms with van der Waals surface area (Å²) in [6.07, 6.45) is -3.04. The van der Waals surface area contributed by atoms with Gasteiger partial charge in [-0.2, -0.15) is 13.2 Å². The first-order valence-electron chi connectivity index (χ1n) is 11.9. The molecule has 0 atom stereocenters. The smallest absolute Gasteiger partial charge is 0.416 e. The molecule has 4 rings (SSSR count). The van der Waals surface area contributed by atoms with Gasteiger partial charge in [0.2, 0.25) is 0 Å². The van der Waals surface area contributed by atoms with Crippen LogP contribution in [-0.2, 0) is 28.5 Å². The van der Waals surface area contributed by atoms with E-state index in [-0.39, 0.29) is 17.6 Å². The molecule has 0 aliphatic rings. The van der Waals surface area contributed by atoms with Gasteiger partial charge in [0.05, 0.1) is 29.3 Å². The number of benzene rings is 2. The molecule has 0 radical (unpaired) electrons. The van der Waals surface area contributed by atoms with Crippen molar-refractivity contribution in [3.8, 4) is 10.6 Å². The van der Waals surface area contributed by atoms with Crippen LogP contribution in [0, 0.1) is 6.92 Å². The van der Waals surface area contributed by atoms with E-state index in [2.05, 4.69) is 19.0 Å². The van der Waals surface area contributed by atoms with Crippen molar-refractivity contribution in [2.75, 3.05) is 12.4 Å². The van der Waals surface area contributed by atoms with Crippen molar-refractivity contribution in [2.45, 2.75) is 57.5 Å². The summed E-state index contributed by atoms with van der Waals surface area (Å²) < 4.78 is 49.4. The van der Waals surface area contributed by atoms with Gasteiger partial charge in [-0.3, -0.25) is 4.79 Å². The zero-order valence-corrected chi connectivity index (χ0v) is 22.6. The largest absolute Gasteiger partial charge is 0.465 e. The van der Waals surface area contributed by atoms with Crippen LogP contribution in [0.25, 0.3) is 21.5 Å². The van der Waals surface area contributed by atoms with Gasteiger partial charge in [-0.1, -0.05) is 31.1 Å². The zero-order chi connectivity index (χ0) is 26.7. The van der Waals surface area contributed by atoms with Gasteiger partial charge in [-0.15, -0.1) is 23.1 Å². The van der Waals surface area contributed by atoms with E-state index >= 15 is 0 Å². The molecule has 0 fully saturated rings. The molecular weight excluding hydrogens is 521 g/mol. The molecule has 196 valence electrons. The average molecular weight is 549 g/mol. The number of thioether (sulfide) groups is 1. The molecule has 0 unspecified atom stereocenters. The minimum absolute atomic E-state index is 0.171. The van der Waals surface area contributed by atoms with E-state index in [0.717, 1.165) is 44.2 Å². The molecule has 0 N–H and O–H groups in total. The molecule has 0 aliphatic carbocycles. The molecule has 37 heavy (non-hydrogen) atoms. The second-order valence-electron chi connectivity index (χ2n) is 8.89. The summed E-state index contributed by atoms with van der Waals surface area (Å²) in [6, 6.07) is 9.06. The van der Waals surface area contributed by atoms with Gasteiger partial charge >= 0.3 is 12.1 Å². The summed E-state index contributed by atoms with van der Waals surface area (Å²) >= 11 is 2.91. The van der Waals surface area contributed by atoms with E-state index in [1.54, 1.807) is 6.92 Å². The number of aryl methyl sites for hydroxylation is 3. The van der Waals surface area contributed by atoms with Gasteiger partial charge in [0.15, 0.2) is 5.58 Å². The maximum absolute atomic E-state index is 12.9. The van der Waals surface area contributed by atoms with E-state index in [4.69, 9.17) is 14.2 Å². The van der Waals surface area contributed by atoms with Crippen molar-refractivity contribution in [3.63, 3.8) is 0 Å². The van der Waals surface area contributed by atoms with Gasteiger partial charge in [-0.05, 0) is 62.4 Å². The second kappa shape index (κ2) is 11.3. The van der Waals surface area contributed by atoms with Crippen molar-refractivity contribution in [2.24, 2.45) is 0 Å². The fourth-order valence-corrected chi connectivity index (χ4v) is 6.00. The first-order chi connectivity index (χ1) is 17.6. The fourth-order valence-electron chi connectivity index (χ4n) is 3.95. The maximum atomic E-state index is 12.9. The number of rotatable bonds is 9. The Morgan fingerprint density at radius 2 is 1.89 bits per heavy atom. The van der Waals surface area contributed by atoms with Gasteiger partial charge in [0.25, 0.3) is 0 Å². The lowest BCUT2D eigenvalue weighted by molar-refractivity contribution is -0.140. The molecule has 0 amide bonds. The minimum atomic E-state index is -4.37. The highest BCUT2D eigenvalue weighted by molar-refractivity contribution is 8.00. The highest BCUT2D eigenvalue weighted by atomic mass is 32.2. The lowest BCUT2D eigenvalue weighted by Crippen LogP contribution is -2.06. The highest BCUT2D eigenvalue weighted by Crippen LogP contribution is 2.36. The van der Waals surface area contributed by atoms with Gasteiger partial charge in [0.1, 0.15) is 5.01 Å². The van der Waals surface area contributed by atoms with Gasteiger partial charge in [-0.25, -0.2) is 4.98 Å². The van der Waals surface area contributed by atoms with Crippen LogP contribution in [-0.4, -0.2) is 28.5 Å². The number of hydrogen-bond acceptors (Lipinski definition) is 7. The van der Waals surface area contributed by atoms with Crippen molar-refractivity contribution in [1.29, 1.82) is 0 Å². The molecule has 0 aliphatic heterocycles. The molecule has 0 spiro atoms. The Morgan fingerprint density at radius 3 is 2.54 bits per heavy atom. The zero-order valence-electron chi connectivity index (χ0n) is 20.9. The Balaban J connectivity index is 1.52. The fraction of sp³-hybridized carbons (Fsp3) is 0.370. The quantitative estimate of drug-likeness (QED) is 0.157. The molecule has 0 saturated heterocycles. The molecule has 2 aromatic heterocycles. The number of fused-ring (bicyclic) bond motifs is 1. The Kier molecular flexibility index (Phi) is 8.28. The van der Waals surface area contributed by atoms with E-state index < -0.39 is 11.7 Å². The molecule has 2 aromatic carbocycles. The SMILES string of the molecule is CCOC(=O)CSc1cc2onc(CCc3sc(-c4ccc(C(F)(F)F)cc4)nc3C(C)C)c2cc1C. The Bertz CT molecular complexity index is 1390. The lowest BCUT2D eigenvalue weighted by atomic mass is 10.0. The predicted octanol–water partition coefficient (Wildman–Crippen LogP) is 7.84. The monoisotopic (exact) mass is 548 g/mol. The maximum Gasteiger partial charge on any atom is 0.416 e. The summed E-state index contributed by atoms with van der Waals surface area (Å²) in [5.74, 6) is 0.141. The van der Waals surface area contributed by atoms with Crippen LogP contribution < -0.4 is 0 Å². The normalized spacial score (nSPS) is 12.0. The van der Waals surface area contributed by atoms with Crippen LogP contribution in [0.5, 0.6) is 0 Å². The molecule has 2 heterocycles. The molecular formula is C27H27F3N2O3S2. The molecule has 4 aromatic rings. The molecule has 5 nitrogen and oxygen atoms in total. The Hall–Kier alpha value is -2.85. The van der Waals surface area contributed by atoms with Crippen molar-refractivity contribution in [1.82, 2.24) is 10.1 Å².